The molecule has 5 nitrogen and oxygen atoms in total. The van der Waals surface area contributed by atoms with Crippen LogP contribution >= 0.6 is 0 Å². The predicted molar refractivity (Wildman–Crippen MR) is 88.8 cm³/mol. The first-order valence-electron chi connectivity index (χ1n) is 8.50. The molecule has 1 aromatic heterocycles. The second-order valence-electron chi connectivity index (χ2n) is 6.76. The summed E-state index contributed by atoms with van der Waals surface area (Å²) in [6, 6.07) is 7.90. The zero-order chi connectivity index (χ0) is 19.8. The molecule has 0 bridgehead atoms. The van der Waals surface area contributed by atoms with Gasteiger partial charge in [0.25, 0.3) is 5.91 Å². The summed E-state index contributed by atoms with van der Waals surface area (Å²) in [5, 5.41) is 13.7. The van der Waals surface area contributed by atoms with Gasteiger partial charge in [-0.1, -0.05) is 12.1 Å². The van der Waals surface area contributed by atoms with Gasteiger partial charge in [0.15, 0.2) is 0 Å². The molecule has 1 saturated heterocycles. The van der Waals surface area contributed by atoms with Gasteiger partial charge in [0.05, 0.1) is 0 Å². The minimum Gasteiger partial charge on any atom is -0.373 e. The maximum absolute atomic E-state index is 14.1. The van der Waals surface area contributed by atoms with Gasteiger partial charge in [-0.05, 0) is 38.0 Å². The van der Waals surface area contributed by atoms with Crippen LogP contribution in [0.2, 0.25) is 0 Å². The van der Waals surface area contributed by atoms with Gasteiger partial charge in [0.2, 0.25) is 5.60 Å². The van der Waals surface area contributed by atoms with E-state index >= 15 is 0 Å². The van der Waals surface area contributed by atoms with E-state index in [-0.39, 0.29) is 24.7 Å². The fourth-order valence-corrected chi connectivity index (χ4v) is 3.25. The number of nitrogens with zero attached hydrogens (tertiary/aromatic N) is 3. The Labute approximate surface area is 153 Å². The highest BCUT2D eigenvalue weighted by molar-refractivity contribution is 5.85. The van der Waals surface area contributed by atoms with Gasteiger partial charge < -0.3 is 10.0 Å². The molecule has 0 saturated carbocycles. The lowest BCUT2D eigenvalue weighted by Gasteiger charge is -2.36. The number of rotatable bonds is 3. The number of benzene rings is 1. The van der Waals surface area contributed by atoms with E-state index in [9.17, 15) is 27.5 Å². The summed E-state index contributed by atoms with van der Waals surface area (Å²) in [5.41, 5.74) is -2.39. The number of likely N-dealkylation sites (tertiary alicyclic amines) is 1. The van der Waals surface area contributed by atoms with Gasteiger partial charge >= 0.3 is 6.18 Å². The van der Waals surface area contributed by atoms with Crippen LogP contribution in [0.5, 0.6) is 0 Å². The number of hydrogen-bond donors (Lipinski definition) is 1. The lowest BCUT2D eigenvalue weighted by Crippen LogP contribution is -2.57. The molecule has 1 aliphatic heterocycles. The number of alkyl halides is 3. The van der Waals surface area contributed by atoms with Gasteiger partial charge in [-0.3, -0.25) is 4.79 Å². The van der Waals surface area contributed by atoms with Crippen molar-refractivity contribution in [1.82, 2.24) is 14.7 Å². The molecule has 1 atom stereocenters. The first-order chi connectivity index (χ1) is 12.6. The van der Waals surface area contributed by atoms with E-state index in [0.29, 0.717) is 19.8 Å². The Morgan fingerprint density at radius 3 is 2.41 bits per heavy atom. The lowest BCUT2D eigenvalue weighted by molar-refractivity contribution is -0.250. The molecule has 0 spiro atoms. The number of halogens is 4. The van der Waals surface area contributed by atoms with Crippen molar-refractivity contribution in [2.75, 3.05) is 13.1 Å². The molecule has 1 unspecified atom stereocenters. The van der Waals surface area contributed by atoms with Crippen molar-refractivity contribution in [1.29, 1.82) is 0 Å². The summed E-state index contributed by atoms with van der Waals surface area (Å²) in [6.07, 6.45) is -2.72. The van der Waals surface area contributed by atoms with Crippen molar-refractivity contribution in [3.8, 4) is 5.69 Å². The molecule has 1 amide bonds. The normalized spacial score (nSPS) is 18.4. The molecule has 1 fully saturated rings. The summed E-state index contributed by atoms with van der Waals surface area (Å²) < 4.78 is 54.2. The maximum Gasteiger partial charge on any atom is 0.426 e. The smallest absolute Gasteiger partial charge is 0.373 e. The number of hydrogen-bond acceptors (Lipinski definition) is 3. The van der Waals surface area contributed by atoms with E-state index in [1.807, 2.05) is 0 Å². The van der Waals surface area contributed by atoms with E-state index in [0.717, 1.165) is 10.6 Å². The molecule has 1 aromatic carbocycles. The predicted octanol–water partition coefficient (Wildman–Crippen LogP) is 3.03. The summed E-state index contributed by atoms with van der Waals surface area (Å²) in [4.78, 5) is 13.1. The van der Waals surface area contributed by atoms with E-state index in [2.05, 4.69) is 5.10 Å². The number of aliphatic hydroxyl groups is 1. The average Bonchev–Trinajstić information content (AvgIpc) is 3.10. The summed E-state index contributed by atoms with van der Waals surface area (Å²) >= 11 is 0. The molecular formula is C18H19F4N3O2. The van der Waals surface area contributed by atoms with Gasteiger partial charge in [0.1, 0.15) is 11.5 Å². The van der Waals surface area contributed by atoms with Crippen LogP contribution < -0.4 is 0 Å². The quantitative estimate of drug-likeness (QED) is 0.827. The summed E-state index contributed by atoms with van der Waals surface area (Å²) in [7, 11) is 0. The number of piperidine rings is 1. The molecule has 0 radical (unpaired) electrons. The van der Waals surface area contributed by atoms with Gasteiger partial charge in [-0.2, -0.15) is 18.3 Å². The van der Waals surface area contributed by atoms with Crippen molar-refractivity contribution in [2.24, 2.45) is 0 Å². The topological polar surface area (TPSA) is 58.4 Å². The maximum atomic E-state index is 14.1. The van der Waals surface area contributed by atoms with Crippen LogP contribution in [0.1, 0.15) is 31.4 Å². The zero-order valence-corrected chi connectivity index (χ0v) is 14.6. The third-order valence-corrected chi connectivity index (χ3v) is 4.92. The van der Waals surface area contributed by atoms with Crippen molar-refractivity contribution in [2.45, 2.75) is 37.5 Å². The first-order valence-corrected chi connectivity index (χ1v) is 8.50. The minimum atomic E-state index is -5.04. The molecule has 0 aliphatic carbocycles. The second kappa shape index (κ2) is 6.95. The Kier molecular flexibility index (Phi) is 4.98. The fourth-order valence-electron chi connectivity index (χ4n) is 3.25. The highest BCUT2D eigenvalue weighted by Gasteiger charge is 2.57. The van der Waals surface area contributed by atoms with Crippen molar-refractivity contribution >= 4 is 5.91 Å². The number of aromatic nitrogens is 2. The van der Waals surface area contributed by atoms with Crippen LogP contribution in [0.3, 0.4) is 0 Å². The average molecular weight is 385 g/mol. The number of amides is 1. The Hall–Kier alpha value is -2.42. The molecule has 3 rings (SSSR count). The first kappa shape index (κ1) is 19.3. The van der Waals surface area contributed by atoms with Crippen LogP contribution in [0.15, 0.2) is 36.5 Å². The molecule has 2 aromatic rings. The van der Waals surface area contributed by atoms with E-state index in [1.165, 1.54) is 16.9 Å². The SMILES string of the molecule is CC(O)(C(=O)N1CCC(c2ccnn2-c2ccccc2F)CC1)C(F)(F)F. The number of para-hydroxylation sites is 1. The standard InChI is InChI=1S/C18H19F4N3O2/c1-17(27,18(20,21)22)16(26)24-10-7-12(8-11-24)14-6-9-23-25(14)15-5-3-2-4-13(15)19/h2-6,9,12,27H,7-8,10-11H2,1H3. The van der Waals surface area contributed by atoms with Crippen LogP contribution in [-0.4, -0.2) is 50.6 Å². The Balaban J connectivity index is 1.74. The van der Waals surface area contributed by atoms with Gasteiger partial charge in [0, 0.05) is 30.9 Å². The third-order valence-electron chi connectivity index (χ3n) is 4.92. The number of carbonyl (C=O) groups excluding carboxylic acids is 1. The summed E-state index contributed by atoms with van der Waals surface area (Å²) in [6.45, 7) is 0.602. The summed E-state index contributed by atoms with van der Waals surface area (Å²) in [5.74, 6) is -1.88. The third kappa shape index (κ3) is 3.55. The van der Waals surface area contributed by atoms with Crippen LogP contribution in [0.4, 0.5) is 17.6 Å². The Bertz CT molecular complexity index is 824. The molecule has 146 valence electrons. The molecule has 1 aliphatic rings. The largest absolute Gasteiger partial charge is 0.426 e. The van der Waals surface area contributed by atoms with E-state index in [1.54, 1.807) is 24.3 Å². The molecule has 27 heavy (non-hydrogen) atoms. The van der Waals surface area contributed by atoms with Crippen molar-refractivity contribution in [3.05, 3.63) is 48.0 Å². The fraction of sp³-hybridized carbons (Fsp3) is 0.444. The lowest BCUT2D eigenvalue weighted by atomic mass is 9.92. The number of carbonyl (C=O) groups is 1. The van der Waals surface area contributed by atoms with Gasteiger partial charge in [-0.15, -0.1) is 0 Å². The highest BCUT2D eigenvalue weighted by atomic mass is 19.4. The van der Waals surface area contributed by atoms with Gasteiger partial charge in [-0.25, -0.2) is 9.07 Å². The van der Waals surface area contributed by atoms with E-state index < -0.39 is 23.5 Å². The van der Waals surface area contributed by atoms with Crippen LogP contribution in [0.25, 0.3) is 5.69 Å². The monoisotopic (exact) mass is 385 g/mol. The van der Waals surface area contributed by atoms with E-state index in [4.69, 9.17) is 0 Å². The minimum absolute atomic E-state index is 0.0676. The Morgan fingerprint density at radius 2 is 1.81 bits per heavy atom. The molecule has 2 heterocycles. The van der Waals surface area contributed by atoms with Crippen molar-refractivity contribution < 1.29 is 27.5 Å². The van der Waals surface area contributed by atoms with Crippen molar-refractivity contribution in [3.63, 3.8) is 0 Å². The van der Waals surface area contributed by atoms with Crippen LogP contribution in [-0.2, 0) is 4.79 Å². The second-order valence-corrected chi connectivity index (χ2v) is 6.76. The zero-order valence-electron chi connectivity index (χ0n) is 14.6. The molecule has 1 N–H and O–H groups in total. The van der Waals surface area contributed by atoms with Crippen LogP contribution in [0, 0.1) is 5.82 Å². The Morgan fingerprint density at radius 1 is 1.19 bits per heavy atom. The molecular weight excluding hydrogens is 366 g/mol. The molecule has 9 heteroatoms. The highest BCUT2D eigenvalue weighted by Crippen LogP contribution is 2.35.